The van der Waals surface area contributed by atoms with Crippen molar-refractivity contribution in [2.24, 2.45) is 0 Å². The Morgan fingerprint density at radius 3 is 2.73 bits per heavy atom. The molecule has 0 bridgehead atoms. The van der Waals surface area contributed by atoms with Crippen LogP contribution in [0, 0.1) is 0 Å². The Kier molecular flexibility index (Phi) is 2.37. The van der Waals surface area contributed by atoms with Crippen LogP contribution in [-0.2, 0) is 0 Å². The second-order valence-corrected chi connectivity index (χ2v) is 3.07. The van der Waals surface area contributed by atoms with Crippen molar-refractivity contribution in [3.05, 3.63) is 42.2 Å². The molecule has 0 amide bonds. The molecule has 2 rings (SSSR count). The zero-order valence-corrected chi connectivity index (χ0v) is 7.77. The fraction of sp³-hybridized carbons (Fsp3) is 0.100. The zero-order chi connectivity index (χ0) is 10.8. The SMILES string of the molecule is Nc1ccc(-n2cccn2)c(C(F)F)c1. The number of alkyl halides is 2. The highest BCUT2D eigenvalue weighted by Crippen LogP contribution is 2.27. The number of anilines is 1. The van der Waals surface area contributed by atoms with Gasteiger partial charge in [0, 0.05) is 23.6 Å². The van der Waals surface area contributed by atoms with E-state index >= 15 is 0 Å². The van der Waals surface area contributed by atoms with Crippen molar-refractivity contribution in [2.45, 2.75) is 6.43 Å². The molecule has 1 heterocycles. The van der Waals surface area contributed by atoms with Gasteiger partial charge in [0.25, 0.3) is 6.43 Å². The first-order chi connectivity index (χ1) is 7.18. The van der Waals surface area contributed by atoms with Crippen LogP contribution in [0.15, 0.2) is 36.7 Å². The second-order valence-electron chi connectivity index (χ2n) is 3.07. The molecule has 0 aliphatic heterocycles. The van der Waals surface area contributed by atoms with Gasteiger partial charge in [0.15, 0.2) is 0 Å². The maximum absolute atomic E-state index is 12.7. The van der Waals surface area contributed by atoms with Crippen molar-refractivity contribution in [1.82, 2.24) is 9.78 Å². The standard InChI is InChI=1S/C10H9F2N3/c11-10(12)8-6-7(13)2-3-9(8)15-5-1-4-14-15/h1-6,10H,13H2. The van der Waals surface area contributed by atoms with Gasteiger partial charge in [-0.3, -0.25) is 0 Å². The molecular weight excluding hydrogens is 200 g/mol. The van der Waals surface area contributed by atoms with Crippen LogP contribution < -0.4 is 5.73 Å². The van der Waals surface area contributed by atoms with Crippen LogP contribution in [0.4, 0.5) is 14.5 Å². The molecule has 0 radical (unpaired) electrons. The van der Waals surface area contributed by atoms with Gasteiger partial charge in [-0.05, 0) is 24.3 Å². The summed E-state index contributed by atoms with van der Waals surface area (Å²) in [6.45, 7) is 0. The fourth-order valence-electron chi connectivity index (χ4n) is 1.37. The van der Waals surface area contributed by atoms with Crippen LogP contribution in [-0.4, -0.2) is 9.78 Å². The Morgan fingerprint density at radius 1 is 1.33 bits per heavy atom. The first kappa shape index (κ1) is 9.64. The molecule has 1 aromatic heterocycles. The van der Waals surface area contributed by atoms with E-state index in [2.05, 4.69) is 5.10 Å². The van der Waals surface area contributed by atoms with Gasteiger partial charge < -0.3 is 5.73 Å². The summed E-state index contributed by atoms with van der Waals surface area (Å²) in [6, 6.07) is 6.04. The van der Waals surface area contributed by atoms with Gasteiger partial charge in [-0.2, -0.15) is 5.10 Å². The molecule has 2 N–H and O–H groups in total. The average molecular weight is 209 g/mol. The molecule has 1 aromatic carbocycles. The minimum absolute atomic E-state index is 0.112. The third-order valence-corrected chi connectivity index (χ3v) is 2.04. The van der Waals surface area contributed by atoms with Crippen molar-refractivity contribution in [3.8, 4) is 5.69 Å². The number of hydrogen-bond acceptors (Lipinski definition) is 2. The molecule has 78 valence electrons. The van der Waals surface area contributed by atoms with Crippen LogP contribution >= 0.6 is 0 Å². The Morgan fingerprint density at radius 2 is 2.13 bits per heavy atom. The van der Waals surface area contributed by atoms with Gasteiger partial charge >= 0.3 is 0 Å². The van der Waals surface area contributed by atoms with Crippen molar-refractivity contribution in [3.63, 3.8) is 0 Å². The molecule has 2 aromatic rings. The van der Waals surface area contributed by atoms with Crippen LogP contribution in [0.25, 0.3) is 5.69 Å². The highest BCUT2D eigenvalue weighted by atomic mass is 19.3. The third-order valence-electron chi connectivity index (χ3n) is 2.04. The van der Waals surface area contributed by atoms with Crippen LogP contribution in [0.1, 0.15) is 12.0 Å². The summed E-state index contributed by atoms with van der Waals surface area (Å²) >= 11 is 0. The van der Waals surface area contributed by atoms with E-state index in [1.54, 1.807) is 18.3 Å². The first-order valence-electron chi connectivity index (χ1n) is 4.36. The van der Waals surface area contributed by atoms with E-state index in [1.165, 1.54) is 23.0 Å². The van der Waals surface area contributed by atoms with Crippen molar-refractivity contribution < 1.29 is 8.78 Å². The van der Waals surface area contributed by atoms with Crippen molar-refractivity contribution >= 4 is 5.69 Å². The third kappa shape index (κ3) is 1.81. The number of rotatable bonds is 2. The number of hydrogen-bond donors (Lipinski definition) is 1. The second kappa shape index (κ2) is 3.68. The summed E-state index contributed by atoms with van der Waals surface area (Å²) in [7, 11) is 0. The normalized spacial score (nSPS) is 10.9. The molecule has 0 atom stereocenters. The number of aromatic nitrogens is 2. The topological polar surface area (TPSA) is 43.8 Å². The molecule has 0 fully saturated rings. The highest BCUT2D eigenvalue weighted by molar-refractivity contribution is 5.51. The lowest BCUT2D eigenvalue weighted by Gasteiger charge is -2.09. The lowest BCUT2D eigenvalue weighted by molar-refractivity contribution is 0.151. The maximum atomic E-state index is 12.7. The Labute approximate surface area is 85.1 Å². The van der Waals surface area contributed by atoms with Gasteiger partial charge in [0.05, 0.1) is 5.69 Å². The molecular formula is C10H9F2N3. The largest absolute Gasteiger partial charge is 0.399 e. The minimum atomic E-state index is -2.56. The summed E-state index contributed by atoms with van der Waals surface area (Å²) in [5, 5.41) is 3.90. The molecule has 0 unspecified atom stereocenters. The van der Waals surface area contributed by atoms with E-state index in [4.69, 9.17) is 5.73 Å². The lowest BCUT2D eigenvalue weighted by atomic mass is 10.1. The molecule has 0 saturated heterocycles. The molecule has 5 heteroatoms. The molecule has 0 saturated carbocycles. The van der Waals surface area contributed by atoms with Gasteiger partial charge in [0.2, 0.25) is 0 Å². The van der Waals surface area contributed by atoms with Crippen LogP contribution in [0.3, 0.4) is 0 Å². The smallest absolute Gasteiger partial charge is 0.266 e. The van der Waals surface area contributed by atoms with E-state index < -0.39 is 6.43 Å². The van der Waals surface area contributed by atoms with E-state index in [-0.39, 0.29) is 5.56 Å². The van der Waals surface area contributed by atoms with Gasteiger partial charge in [0.1, 0.15) is 0 Å². The molecule has 15 heavy (non-hydrogen) atoms. The summed E-state index contributed by atoms with van der Waals surface area (Å²) in [4.78, 5) is 0. The predicted molar refractivity (Wildman–Crippen MR) is 52.9 cm³/mol. The Balaban J connectivity index is 2.56. The fourth-order valence-corrected chi connectivity index (χ4v) is 1.37. The van der Waals surface area contributed by atoms with Gasteiger partial charge in [-0.25, -0.2) is 13.5 Å². The van der Waals surface area contributed by atoms with Gasteiger partial charge in [-0.15, -0.1) is 0 Å². The van der Waals surface area contributed by atoms with E-state index in [0.717, 1.165) is 0 Å². The molecule has 0 aliphatic rings. The number of nitrogen functional groups attached to an aromatic ring is 1. The maximum Gasteiger partial charge on any atom is 0.266 e. The molecule has 0 aliphatic carbocycles. The quantitative estimate of drug-likeness (QED) is 0.772. The Bertz CT molecular complexity index is 452. The number of halogens is 2. The number of nitrogens with zero attached hydrogens (tertiary/aromatic N) is 2. The minimum Gasteiger partial charge on any atom is -0.399 e. The summed E-state index contributed by atoms with van der Waals surface area (Å²) in [5.41, 5.74) is 6.02. The Hall–Kier alpha value is -1.91. The lowest BCUT2D eigenvalue weighted by Crippen LogP contribution is -2.01. The van der Waals surface area contributed by atoms with E-state index in [0.29, 0.717) is 11.4 Å². The average Bonchev–Trinajstić information content (AvgIpc) is 2.70. The van der Waals surface area contributed by atoms with Crippen molar-refractivity contribution in [1.29, 1.82) is 0 Å². The monoisotopic (exact) mass is 209 g/mol. The van der Waals surface area contributed by atoms with Crippen LogP contribution in [0.5, 0.6) is 0 Å². The van der Waals surface area contributed by atoms with Crippen molar-refractivity contribution in [2.75, 3.05) is 5.73 Å². The molecule has 0 spiro atoms. The van der Waals surface area contributed by atoms with Crippen LogP contribution in [0.2, 0.25) is 0 Å². The van der Waals surface area contributed by atoms with Gasteiger partial charge in [-0.1, -0.05) is 0 Å². The number of nitrogens with two attached hydrogens (primary N) is 1. The summed E-state index contributed by atoms with van der Waals surface area (Å²) < 4.78 is 26.8. The summed E-state index contributed by atoms with van der Waals surface area (Å²) in [6.07, 6.45) is 0.580. The van der Waals surface area contributed by atoms with E-state index in [1.807, 2.05) is 0 Å². The van der Waals surface area contributed by atoms with E-state index in [9.17, 15) is 8.78 Å². The zero-order valence-electron chi connectivity index (χ0n) is 7.77. The highest BCUT2D eigenvalue weighted by Gasteiger charge is 2.14. The summed E-state index contributed by atoms with van der Waals surface area (Å²) in [5.74, 6) is 0. The first-order valence-corrected chi connectivity index (χ1v) is 4.36. The number of benzene rings is 1. The predicted octanol–water partition coefficient (Wildman–Crippen LogP) is 2.39. The molecule has 3 nitrogen and oxygen atoms in total.